The fourth-order valence-electron chi connectivity index (χ4n) is 2.57. The van der Waals surface area contributed by atoms with Gasteiger partial charge in [0.05, 0.1) is 18.9 Å². The molecule has 6 heteroatoms. The number of nitrogens with one attached hydrogen (secondary N) is 1. The summed E-state index contributed by atoms with van der Waals surface area (Å²) >= 11 is 6.30. The summed E-state index contributed by atoms with van der Waals surface area (Å²) < 4.78 is 24.8. The lowest BCUT2D eigenvalue weighted by Gasteiger charge is -2.15. The first-order chi connectivity index (χ1) is 11.7. The summed E-state index contributed by atoms with van der Waals surface area (Å²) in [6.45, 7) is 1.93. The van der Waals surface area contributed by atoms with Crippen molar-refractivity contribution in [3.05, 3.63) is 58.4 Å². The highest BCUT2D eigenvalue weighted by molar-refractivity contribution is 6.35. The van der Waals surface area contributed by atoms with Crippen LogP contribution in [0.1, 0.15) is 11.1 Å². The highest BCUT2D eigenvalue weighted by Gasteiger charge is 2.20. The molecule has 24 heavy (non-hydrogen) atoms. The minimum Gasteiger partial charge on any atom is -0.488 e. The number of halogens is 2. The largest absolute Gasteiger partial charge is 0.488 e. The molecule has 1 N–H and O–H groups in total. The van der Waals surface area contributed by atoms with Crippen molar-refractivity contribution >= 4 is 23.0 Å². The van der Waals surface area contributed by atoms with Crippen molar-refractivity contribution in [1.29, 1.82) is 0 Å². The van der Waals surface area contributed by atoms with E-state index in [9.17, 15) is 4.39 Å². The van der Waals surface area contributed by atoms with Crippen LogP contribution in [0.25, 0.3) is 0 Å². The van der Waals surface area contributed by atoms with Crippen LogP contribution in [-0.4, -0.2) is 39.1 Å². The molecule has 126 valence electrons. The molecule has 0 aromatic heterocycles. The summed E-state index contributed by atoms with van der Waals surface area (Å²) in [5.41, 5.74) is 2.93. The minimum absolute atomic E-state index is 0.193. The van der Waals surface area contributed by atoms with Gasteiger partial charge in [0.2, 0.25) is 0 Å². The first-order valence-corrected chi connectivity index (χ1v) is 8.07. The number of ether oxygens (including phenoxy) is 2. The number of hydrogen-bond acceptors (Lipinski definition) is 4. The van der Waals surface area contributed by atoms with Gasteiger partial charge >= 0.3 is 0 Å². The molecule has 1 heterocycles. The third-order valence-electron chi connectivity index (χ3n) is 3.70. The molecular weight excluding hydrogens is 331 g/mol. The van der Waals surface area contributed by atoms with Gasteiger partial charge in [0.1, 0.15) is 6.61 Å². The number of fused-ring (bicyclic) bond motifs is 1. The van der Waals surface area contributed by atoms with E-state index in [1.54, 1.807) is 19.2 Å². The molecule has 0 saturated carbocycles. The lowest BCUT2D eigenvalue weighted by Crippen LogP contribution is -2.10. The Morgan fingerprint density at radius 3 is 2.83 bits per heavy atom. The number of methoxy groups -OCH3 is 1. The second-order valence-corrected chi connectivity index (χ2v) is 5.71. The van der Waals surface area contributed by atoms with Crippen LogP contribution in [0.4, 0.5) is 10.1 Å². The molecule has 0 atom stereocenters. The van der Waals surface area contributed by atoms with Crippen LogP contribution >= 0.6 is 11.6 Å². The first-order valence-electron chi connectivity index (χ1n) is 7.69. The number of benzene rings is 2. The van der Waals surface area contributed by atoms with E-state index in [0.29, 0.717) is 36.0 Å². The maximum Gasteiger partial charge on any atom is 0.165 e. The molecule has 0 saturated heterocycles. The van der Waals surface area contributed by atoms with Crippen LogP contribution in [0, 0.1) is 5.82 Å². The molecule has 1 aliphatic rings. The number of benzodiazepines with no additional fused rings is 1. The molecule has 0 aliphatic carbocycles. The average Bonchev–Trinajstić information content (AvgIpc) is 2.78. The van der Waals surface area contributed by atoms with Gasteiger partial charge in [0.15, 0.2) is 11.6 Å². The molecule has 0 spiro atoms. The molecule has 0 bridgehead atoms. The summed E-state index contributed by atoms with van der Waals surface area (Å²) in [5.74, 6) is -0.244. The fourth-order valence-corrected chi connectivity index (χ4v) is 2.79. The Hall–Kier alpha value is -2.11. The molecule has 2 aromatic carbocycles. The number of aliphatic imine (C=N–C) groups is 1. The predicted molar refractivity (Wildman–Crippen MR) is 94.2 cm³/mol. The third kappa shape index (κ3) is 3.52. The minimum atomic E-state index is -0.437. The molecule has 3 rings (SSSR count). The molecule has 0 unspecified atom stereocenters. The van der Waals surface area contributed by atoms with Crippen molar-refractivity contribution in [3.63, 3.8) is 0 Å². The summed E-state index contributed by atoms with van der Waals surface area (Å²) in [4.78, 5) is 4.58. The number of hydrogen-bond donors (Lipinski definition) is 1. The Kier molecular flexibility index (Phi) is 5.33. The van der Waals surface area contributed by atoms with E-state index >= 15 is 0 Å². The van der Waals surface area contributed by atoms with E-state index < -0.39 is 5.82 Å². The molecular formula is C18H18ClFN2O2. The van der Waals surface area contributed by atoms with Gasteiger partial charge in [-0.05, 0) is 12.1 Å². The zero-order valence-electron chi connectivity index (χ0n) is 13.3. The van der Waals surface area contributed by atoms with Gasteiger partial charge in [0.25, 0.3) is 0 Å². The molecule has 0 amide bonds. The highest BCUT2D eigenvalue weighted by Crippen LogP contribution is 2.31. The van der Waals surface area contributed by atoms with E-state index in [4.69, 9.17) is 21.1 Å². The van der Waals surface area contributed by atoms with E-state index in [1.165, 1.54) is 6.07 Å². The Morgan fingerprint density at radius 1 is 1.21 bits per heavy atom. The van der Waals surface area contributed by atoms with Gasteiger partial charge in [-0.1, -0.05) is 29.8 Å². The maximum absolute atomic E-state index is 14.4. The summed E-state index contributed by atoms with van der Waals surface area (Å²) in [7, 11) is 1.57. The Morgan fingerprint density at radius 2 is 2.04 bits per heavy atom. The Bertz CT molecular complexity index is 765. The summed E-state index contributed by atoms with van der Waals surface area (Å²) in [5, 5.41) is 3.85. The molecule has 0 fully saturated rings. The highest BCUT2D eigenvalue weighted by atomic mass is 35.5. The average molecular weight is 349 g/mol. The van der Waals surface area contributed by atoms with Crippen LogP contribution in [0.15, 0.2) is 41.4 Å². The van der Waals surface area contributed by atoms with E-state index in [2.05, 4.69) is 10.3 Å². The monoisotopic (exact) mass is 348 g/mol. The molecule has 2 aromatic rings. The molecule has 0 radical (unpaired) electrons. The number of nitrogens with zero attached hydrogens (tertiary/aromatic N) is 1. The van der Waals surface area contributed by atoms with Gasteiger partial charge < -0.3 is 14.8 Å². The summed E-state index contributed by atoms with van der Waals surface area (Å²) in [6.07, 6.45) is 0. The van der Waals surface area contributed by atoms with Crippen LogP contribution < -0.4 is 10.1 Å². The van der Waals surface area contributed by atoms with Crippen LogP contribution in [0.2, 0.25) is 5.02 Å². The topological polar surface area (TPSA) is 42.9 Å². The second-order valence-electron chi connectivity index (χ2n) is 5.31. The number of anilines is 1. The SMILES string of the molecule is COCCOc1cc2c(cc1F)C(c1ccccc1Cl)=NCCN2. The van der Waals surface area contributed by atoms with E-state index in [0.717, 1.165) is 11.3 Å². The molecule has 1 aliphatic heterocycles. The Balaban J connectivity index is 2.01. The summed E-state index contributed by atoms with van der Waals surface area (Å²) in [6, 6.07) is 10.5. The predicted octanol–water partition coefficient (Wildman–Crippen LogP) is 3.77. The van der Waals surface area contributed by atoms with Crippen molar-refractivity contribution in [2.75, 3.05) is 38.7 Å². The third-order valence-corrected chi connectivity index (χ3v) is 4.03. The standard InChI is InChI=1S/C18H18ClFN2O2/c1-23-8-9-24-17-11-16-13(10-15(17)20)18(22-7-6-21-16)12-4-2-3-5-14(12)19/h2-5,10-11,21H,6-9H2,1H3. The van der Waals surface area contributed by atoms with Crippen LogP contribution in [0.3, 0.4) is 0 Å². The maximum atomic E-state index is 14.4. The van der Waals surface area contributed by atoms with E-state index in [-0.39, 0.29) is 12.4 Å². The van der Waals surface area contributed by atoms with Crippen LogP contribution in [-0.2, 0) is 4.74 Å². The fraction of sp³-hybridized carbons (Fsp3) is 0.278. The van der Waals surface area contributed by atoms with Crippen molar-refractivity contribution in [1.82, 2.24) is 0 Å². The number of rotatable bonds is 5. The normalized spacial score (nSPS) is 13.5. The second kappa shape index (κ2) is 7.64. The molecule has 4 nitrogen and oxygen atoms in total. The van der Waals surface area contributed by atoms with Gasteiger partial charge in [0, 0.05) is 41.6 Å². The first kappa shape index (κ1) is 16.7. The van der Waals surface area contributed by atoms with Gasteiger partial charge in [-0.3, -0.25) is 4.99 Å². The van der Waals surface area contributed by atoms with Gasteiger partial charge in [-0.2, -0.15) is 0 Å². The smallest absolute Gasteiger partial charge is 0.165 e. The van der Waals surface area contributed by atoms with E-state index in [1.807, 2.05) is 18.2 Å². The van der Waals surface area contributed by atoms with Crippen molar-refractivity contribution < 1.29 is 13.9 Å². The lowest BCUT2D eigenvalue weighted by atomic mass is 10.00. The lowest BCUT2D eigenvalue weighted by molar-refractivity contribution is 0.144. The zero-order valence-corrected chi connectivity index (χ0v) is 14.1. The Labute approximate surface area is 145 Å². The van der Waals surface area contributed by atoms with Crippen LogP contribution in [0.5, 0.6) is 5.75 Å². The van der Waals surface area contributed by atoms with Crippen molar-refractivity contribution in [2.24, 2.45) is 4.99 Å². The quantitative estimate of drug-likeness (QED) is 0.836. The van der Waals surface area contributed by atoms with Crippen molar-refractivity contribution in [2.45, 2.75) is 0 Å². The van der Waals surface area contributed by atoms with Gasteiger partial charge in [-0.25, -0.2) is 4.39 Å². The van der Waals surface area contributed by atoms with Crippen molar-refractivity contribution in [3.8, 4) is 5.75 Å². The zero-order chi connectivity index (χ0) is 16.9. The van der Waals surface area contributed by atoms with Gasteiger partial charge in [-0.15, -0.1) is 0 Å².